The second-order valence-corrected chi connectivity index (χ2v) is 10.6. The molecule has 1 unspecified atom stereocenters. The maximum absolute atomic E-state index is 12.9. The first-order valence-electron chi connectivity index (χ1n) is 10.2. The molecule has 1 aliphatic rings. The minimum Gasteiger partial charge on any atom is -0.497 e. The molecule has 2 aromatic carbocycles. The van der Waals surface area contributed by atoms with Crippen LogP contribution in [0.3, 0.4) is 0 Å². The number of para-hydroxylation sites is 2. The molecule has 0 radical (unpaired) electrons. The van der Waals surface area contributed by atoms with Crippen LogP contribution in [0.5, 0.6) is 5.75 Å². The Kier molecular flexibility index (Phi) is 6.24. The van der Waals surface area contributed by atoms with Gasteiger partial charge in [-0.15, -0.1) is 0 Å². The smallest absolute Gasteiger partial charge is 0.233 e. The van der Waals surface area contributed by atoms with Crippen LogP contribution in [-0.2, 0) is 14.6 Å². The lowest BCUT2D eigenvalue weighted by Crippen LogP contribution is -2.42. The van der Waals surface area contributed by atoms with Crippen LogP contribution < -0.4 is 4.74 Å². The number of aromatic nitrogens is 2. The molecule has 164 valence electrons. The highest BCUT2D eigenvalue weighted by atomic mass is 32.2. The molecular weight excluding hydrogens is 434 g/mol. The summed E-state index contributed by atoms with van der Waals surface area (Å²) in [6.45, 7) is 2.38. The third-order valence-corrected chi connectivity index (χ3v) is 8.17. The van der Waals surface area contributed by atoms with Gasteiger partial charge in [-0.3, -0.25) is 9.36 Å². The molecule has 1 saturated heterocycles. The molecule has 1 fully saturated rings. The van der Waals surface area contributed by atoms with E-state index in [0.717, 1.165) is 27.6 Å². The van der Waals surface area contributed by atoms with Crippen molar-refractivity contribution in [1.82, 2.24) is 14.5 Å². The number of hydrogen-bond acceptors (Lipinski definition) is 6. The SMILES string of the molecule is CCN(C(=O)CSc1nc2ccccc2n1-c1ccc(OC)cc1)C1CCS(=O)(=O)C1. The van der Waals surface area contributed by atoms with Gasteiger partial charge in [0.05, 0.1) is 35.4 Å². The number of rotatable bonds is 7. The molecule has 0 saturated carbocycles. The molecule has 0 spiro atoms. The van der Waals surface area contributed by atoms with Crippen molar-refractivity contribution >= 4 is 38.5 Å². The zero-order valence-electron chi connectivity index (χ0n) is 17.5. The third-order valence-electron chi connectivity index (χ3n) is 5.50. The summed E-state index contributed by atoms with van der Waals surface area (Å²) in [7, 11) is -1.42. The number of benzene rings is 2. The standard InChI is InChI=1S/C22H25N3O4S2/c1-3-24(17-12-13-31(27,28)15-17)21(26)14-30-22-23-19-6-4-5-7-20(19)25(22)16-8-10-18(29-2)11-9-16/h4-11,17H,3,12-15H2,1-2H3. The average Bonchev–Trinajstić information content (AvgIpc) is 3.32. The Balaban J connectivity index is 1.58. The molecule has 2 heterocycles. The average molecular weight is 460 g/mol. The van der Waals surface area contributed by atoms with Crippen molar-refractivity contribution in [3.8, 4) is 11.4 Å². The van der Waals surface area contributed by atoms with Crippen LogP contribution in [0.1, 0.15) is 13.3 Å². The molecule has 3 aromatic rings. The Morgan fingerprint density at radius 1 is 1.23 bits per heavy atom. The van der Waals surface area contributed by atoms with Crippen molar-refractivity contribution in [2.45, 2.75) is 24.5 Å². The highest BCUT2D eigenvalue weighted by Crippen LogP contribution is 2.29. The van der Waals surface area contributed by atoms with Crippen LogP contribution in [0.4, 0.5) is 0 Å². The van der Waals surface area contributed by atoms with E-state index in [9.17, 15) is 13.2 Å². The number of methoxy groups -OCH3 is 1. The van der Waals surface area contributed by atoms with Crippen LogP contribution in [0.2, 0.25) is 0 Å². The van der Waals surface area contributed by atoms with Crippen molar-refractivity contribution in [3.63, 3.8) is 0 Å². The zero-order chi connectivity index (χ0) is 22.0. The molecule has 1 atom stereocenters. The molecule has 1 aliphatic heterocycles. The van der Waals surface area contributed by atoms with Crippen LogP contribution >= 0.6 is 11.8 Å². The molecule has 0 aliphatic carbocycles. The summed E-state index contributed by atoms with van der Waals surface area (Å²) in [5.74, 6) is 1.11. The van der Waals surface area contributed by atoms with Gasteiger partial charge in [0.25, 0.3) is 0 Å². The topological polar surface area (TPSA) is 81.5 Å². The molecule has 4 rings (SSSR count). The molecular formula is C22H25N3O4S2. The van der Waals surface area contributed by atoms with E-state index in [0.29, 0.717) is 13.0 Å². The predicted octanol–water partition coefficient (Wildman–Crippen LogP) is 3.16. The summed E-state index contributed by atoms with van der Waals surface area (Å²) in [6.07, 6.45) is 0.511. The number of fused-ring (bicyclic) bond motifs is 1. The van der Waals surface area contributed by atoms with Crippen LogP contribution in [0.15, 0.2) is 53.7 Å². The fourth-order valence-electron chi connectivity index (χ4n) is 3.95. The maximum Gasteiger partial charge on any atom is 0.233 e. The zero-order valence-corrected chi connectivity index (χ0v) is 19.2. The maximum atomic E-state index is 12.9. The Morgan fingerprint density at radius 2 is 1.97 bits per heavy atom. The summed E-state index contributed by atoms with van der Waals surface area (Å²) < 4.78 is 31.0. The van der Waals surface area contributed by atoms with Crippen molar-refractivity contribution in [1.29, 1.82) is 0 Å². The molecule has 7 nitrogen and oxygen atoms in total. The van der Waals surface area contributed by atoms with Gasteiger partial charge in [-0.2, -0.15) is 0 Å². The fraction of sp³-hybridized carbons (Fsp3) is 0.364. The highest BCUT2D eigenvalue weighted by molar-refractivity contribution is 7.99. The fourth-order valence-corrected chi connectivity index (χ4v) is 6.59. The van der Waals surface area contributed by atoms with E-state index in [1.54, 1.807) is 12.0 Å². The summed E-state index contributed by atoms with van der Waals surface area (Å²) in [6, 6.07) is 15.3. The van der Waals surface area contributed by atoms with E-state index in [4.69, 9.17) is 9.72 Å². The van der Waals surface area contributed by atoms with Gasteiger partial charge in [0.1, 0.15) is 5.75 Å². The van der Waals surface area contributed by atoms with Crippen molar-refractivity contribution in [2.75, 3.05) is 30.9 Å². The lowest BCUT2D eigenvalue weighted by atomic mass is 10.2. The number of ether oxygens (including phenoxy) is 1. The first-order chi connectivity index (χ1) is 14.9. The van der Waals surface area contributed by atoms with E-state index in [1.807, 2.05) is 60.0 Å². The van der Waals surface area contributed by atoms with Gasteiger partial charge in [-0.25, -0.2) is 13.4 Å². The summed E-state index contributed by atoms with van der Waals surface area (Å²) >= 11 is 1.37. The number of carbonyl (C=O) groups excluding carboxylic acids is 1. The van der Waals surface area contributed by atoms with Gasteiger partial charge in [0.2, 0.25) is 5.91 Å². The monoisotopic (exact) mass is 459 g/mol. The minimum absolute atomic E-state index is 0.0572. The second-order valence-electron chi connectivity index (χ2n) is 7.44. The predicted molar refractivity (Wildman–Crippen MR) is 123 cm³/mol. The number of thioether (sulfide) groups is 1. The Hall–Kier alpha value is -2.52. The summed E-state index contributed by atoms with van der Waals surface area (Å²) in [4.78, 5) is 19.4. The van der Waals surface area contributed by atoms with Gasteiger partial charge in [0, 0.05) is 18.3 Å². The molecule has 1 aromatic heterocycles. The van der Waals surface area contributed by atoms with Crippen LogP contribution in [-0.4, -0.2) is 65.7 Å². The van der Waals surface area contributed by atoms with Gasteiger partial charge < -0.3 is 9.64 Å². The van der Waals surface area contributed by atoms with Crippen LogP contribution in [0.25, 0.3) is 16.7 Å². The molecule has 1 amide bonds. The Morgan fingerprint density at radius 3 is 2.61 bits per heavy atom. The van der Waals surface area contributed by atoms with Crippen LogP contribution in [0, 0.1) is 0 Å². The van der Waals surface area contributed by atoms with E-state index < -0.39 is 9.84 Å². The van der Waals surface area contributed by atoms with E-state index in [1.165, 1.54) is 11.8 Å². The van der Waals surface area contributed by atoms with Crippen molar-refractivity contribution in [2.24, 2.45) is 0 Å². The summed E-state index contributed by atoms with van der Waals surface area (Å²) in [5.41, 5.74) is 2.73. The highest BCUT2D eigenvalue weighted by Gasteiger charge is 2.34. The third kappa shape index (κ3) is 4.57. The summed E-state index contributed by atoms with van der Waals surface area (Å²) in [5, 5.41) is 0.717. The lowest BCUT2D eigenvalue weighted by molar-refractivity contribution is -0.129. The number of hydrogen-bond donors (Lipinski definition) is 0. The molecule has 0 N–H and O–H groups in total. The van der Waals surface area contributed by atoms with E-state index in [2.05, 4.69) is 0 Å². The van der Waals surface area contributed by atoms with Gasteiger partial charge in [0.15, 0.2) is 15.0 Å². The minimum atomic E-state index is -3.04. The molecule has 0 bridgehead atoms. The van der Waals surface area contributed by atoms with Gasteiger partial charge >= 0.3 is 0 Å². The largest absolute Gasteiger partial charge is 0.497 e. The van der Waals surface area contributed by atoms with Crippen molar-refractivity contribution < 1.29 is 17.9 Å². The second kappa shape index (κ2) is 8.92. The van der Waals surface area contributed by atoms with Gasteiger partial charge in [-0.05, 0) is 49.7 Å². The number of nitrogens with zero attached hydrogens (tertiary/aromatic N) is 3. The Labute approximate surface area is 186 Å². The number of carbonyl (C=O) groups is 1. The lowest BCUT2D eigenvalue weighted by Gasteiger charge is -2.26. The quantitative estimate of drug-likeness (QED) is 0.505. The molecule has 9 heteroatoms. The van der Waals surface area contributed by atoms with E-state index >= 15 is 0 Å². The normalized spacial score (nSPS) is 17.7. The molecule has 31 heavy (non-hydrogen) atoms. The van der Waals surface area contributed by atoms with Crippen molar-refractivity contribution in [3.05, 3.63) is 48.5 Å². The van der Waals surface area contributed by atoms with E-state index in [-0.39, 0.29) is 29.2 Å². The number of amides is 1. The number of sulfone groups is 1. The number of imidazole rings is 1. The first-order valence-corrected chi connectivity index (χ1v) is 13.0. The Bertz CT molecular complexity index is 1190. The first kappa shape index (κ1) is 21.7. The van der Waals surface area contributed by atoms with Gasteiger partial charge in [-0.1, -0.05) is 23.9 Å².